The molecule has 0 spiro atoms. The van der Waals surface area contributed by atoms with Crippen molar-refractivity contribution < 1.29 is 0 Å². The van der Waals surface area contributed by atoms with Crippen LogP contribution in [0.3, 0.4) is 0 Å². The van der Waals surface area contributed by atoms with Gasteiger partial charge in [-0.15, -0.1) is 35.3 Å². The number of rotatable bonds is 6. The van der Waals surface area contributed by atoms with E-state index in [2.05, 4.69) is 39.4 Å². The van der Waals surface area contributed by atoms with Gasteiger partial charge in [-0.25, -0.2) is 4.98 Å². The van der Waals surface area contributed by atoms with Crippen LogP contribution in [0.1, 0.15) is 29.7 Å². The fraction of sp³-hybridized carbons (Fsp3) is 0.733. The topological polar surface area (TPSA) is 52.5 Å². The standard InChI is InChI=1S/C15H27N5S.HI/c1-4-20-9-5-6-13(20)11-19-15(16-3)17-8-7-14-18-10-12(2)21-14;/h10,13H,4-9,11H2,1-3H3,(H2,16,17,19);1H. The number of hydrogen-bond donors (Lipinski definition) is 2. The Kier molecular flexibility index (Phi) is 9.27. The first-order valence-corrected chi connectivity index (χ1v) is 8.64. The van der Waals surface area contributed by atoms with Crippen molar-refractivity contribution in [2.24, 2.45) is 4.99 Å². The fourth-order valence-corrected chi connectivity index (χ4v) is 3.57. The maximum atomic E-state index is 4.38. The number of aromatic nitrogens is 1. The number of thiazole rings is 1. The molecule has 2 heterocycles. The van der Waals surface area contributed by atoms with Gasteiger partial charge >= 0.3 is 0 Å². The van der Waals surface area contributed by atoms with E-state index in [1.165, 1.54) is 29.3 Å². The number of nitrogens with one attached hydrogen (secondary N) is 2. The van der Waals surface area contributed by atoms with Gasteiger partial charge in [-0.05, 0) is 32.9 Å². The molecule has 1 aliphatic rings. The number of aryl methyl sites for hydroxylation is 1. The predicted molar refractivity (Wildman–Crippen MR) is 106 cm³/mol. The van der Waals surface area contributed by atoms with Gasteiger partial charge in [0.15, 0.2) is 5.96 Å². The van der Waals surface area contributed by atoms with Crippen LogP contribution in [0.4, 0.5) is 0 Å². The number of nitrogens with zero attached hydrogens (tertiary/aromatic N) is 3. The van der Waals surface area contributed by atoms with Crippen molar-refractivity contribution in [1.82, 2.24) is 20.5 Å². The van der Waals surface area contributed by atoms with E-state index in [0.29, 0.717) is 6.04 Å². The van der Waals surface area contributed by atoms with Crippen LogP contribution < -0.4 is 10.6 Å². The average molecular weight is 437 g/mol. The molecule has 0 amide bonds. The summed E-state index contributed by atoms with van der Waals surface area (Å²) in [7, 11) is 1.83. The first kappa shape index (κ1) is 19.6. The molecule has 0 aliphatic carbocycles. The van der Waals surface area contributed by atoms with E-state index < -0.39 is 0 Å². The molecule has 2 N–H and O–H groups in total. The first-order chi connectivity index (χ1) is 10.2. The zero-order valence-electron chi connectivity index (χ0n) is 13.8. The van der Waals surface area contributed by atoms with Crippen LogP contribution in [0.5, 0.6) is 0 Å². The summed E-state index contributed by atoms with van der Waals surface area (Å²) in [5.41, 5.74) is 0. The van der Waals surface area contributed by atoms with E-state index in [0.717, 1.165) is 32.0 Å². The third kappa shape index (κ3) is 6.00. The highest BCUT2D eigenvalue weighted by molar-refractivity contribution is 14.0. The number of halogens is 1. The van der Waals surface area contributed by atoms with E-state index in [1.54, 1.807) is 11.3 Å². The molecule has 1 unspecified atom stereocenters. The van der Waals surface area contributed by atoms with E-state index in [-0.39, 0.29) is 24.0 Å². The molecule has 0 saturated carbocycles. The Bertz CT molecular complexity index is 463. The summed E-state index contributed by atoms with van der Waals surface area (Å²) in [4.78, 5) is 12.5. The summed E-state index contributed by atoms with van der Waals surface area (Å²) in [6, 6.07) is 0.648. The van der Waals surface area contributed by atoms with Crippen LogP contribution >= 0.6 is 35.3 Å². The molecule has 1 fully saturated rings. The van der Waals surface area contributed by atoms with Crippen molar-refractivity contribution in [3.8, 4) is 0 Å². The molecule has 0 radical (unpaired) electrons. The summed E-state index contributed by atoms with van der Waals surface area (Å²) < 4.78 is 0. The molecule has 0 aromatic carbocycles. The van der Waals surface area contributed by atoms with Gasteiger partial charge in [0.05, 0.1) is 5.01 Å². The van der Waals surface area contributed by atoms with Crippen LogP contribution in [-0.2, 0) is 6.42 Å². The molecule has 126 valence electrons. The highest BCUT2D eigenvalue weighted by Gasteiger charge is 2.22. The first-order valence-electron chi connectivity index (χ1n) is 7.82. The van der Waals surface area contributed by atoms with Crippen molar-refractivity contribution in [3.05, 3.63) is 16.1 Å². The molecule has 0 bridgehead atoms. The summed E-state index contributed by atoms with van der Waals surface area (Å²) in [5.74, 6) is 0.895. The van der Waals surface area contributed by atoms with Crippen molar-refractivity contribution in [2.45, 2.75) is 39.2 Å². The second kappa shape index (κ2) is 10.4. The lowest BCUT2D eigenvalue weighted by atomic mass is 10.2. The van der Waals surface area contributed by atoms with Gasteiger partial charge in [0.25, 0.3) is 0 Å². The van der Waals surface area contributed by atoms with Gasteiger partial charge in [-0.1, -0.05) is 6.92 Å². The molecular weight excluding hydrogens is 409 g/mol. The molecule has 2 rings (SSSR count). The van der Waals surface area contributed by atoms with Crippen LogP contribution in [0.15, 0.2) is 11.2 Å². The summed E-state index contributed by atoms with van der Waals surface area (Å²) in [5, 5.41) is 8.00. The Balaban J connectivity index is 0.00000242. The lowest BCUT2D eigenvalue weighted by Gasteiger charge is -2.23. The maximum absolute atomic E-state index is 4.38. The second-order valence-corrected chi connectivity index (χ2v) is 6.74. The Morgan fingerprint density at radius 2 is 2.32 bits per heavy atom. The van der Waals surface area contributed by atoms with Gasteiger partial charge in [-0.2, -0.15) is 0 Å². The number of guanidine groups is 1. The lowest BCUT2D eigenvalue weighted by molar-refractivity contribution is 0.267. The molecule has 5 nitrogen and oxygen atoms in total. The van der Waals surface area contributed by atoms with Gasteiger partial charge < -0.3 is 10.6 Å². The molecule has 1 atom stereocenters. The van der Waals surface area contributed by atoms with E-state index in [1.807, 2.05) is 13.2 Å². The second-order valence-electron chi connectivity index (χ2n) is 5.42. The van der Waals surface area contributed by atoms with Crippen molar-refractivity contribution in [2.75, 3.05) is 33.2 Å². The highest BCUT2D eigenvalue weighted by Crippen LogP contribution is 2.15. The molecule has 1 aromatic rings. The van der Waals surface area contributed by atoms with Gasteiger partial charge in [-0.3, -0.25) is 9.89 Å². The van der Waals surface area contributed by atoms with Crippen LogP contribution in [0, 0.1) is 6.92 Å². The fourth-order valence-electron chi connectivity index (χ4n) is 2.78. The molecule has 1 saturated heterocycles. The normalized spacial score (nSPS) is 19.0. The Morgan fingerprint density at radius 1 is 1.50 bits per heavy atom. The van der Waals surface area contributed by atoms with E-state index in [9.17, 15) is 0 Å². The van der Waals surface area contributed by atoms with E-state index >= 15 is 0 Å². The molecular formula is C15H28IN5S. The van der Waals surface area contributed by atoms with Gasteiger partial charge in [0, 0.05) is 43.7 Å². The summed E-state index contributed by atoms with van der Waals surface area (Å²) >= 11 is 1.77. The zero-order chi connectivity index (χ0) is 15.1. The van der Waals surface area contributed by atoms with E-state index in [4.69, 9.17) is 0 Å². The van der Waals surface area contributed by atoms with Gasteiger partial charge in [0.2, 0.25) is 0 Å². The molecule has 22 heavy (non-hydrogen) atoms. The van der Waals surface area contributed by atoms with Crippen molar-refractivity contribution >= 4 is 41.3 Å². The van der Waals surface area contributed by atoms with Crippen LogP contribution in [-0.4, -0.2) is 55.1 Å². The third-order valence-electron chi connectivity index (χ3n) is 3.93. The lowest BCUT2D eigenvalue weighted by Crippen LogP contribution is -2.45. The maximum Gasteiger partial charge on any atom is 0.191 e. The SMILES string of the molecule is CCN1CCCC1CNC(=NC)NCCc1ncc(C)s1.I. The minimum atomic E-state index is 0. The molecule has 7 heteroatoms. The summed E-state index contributed by atoms with van der Waals surface area (Å²) in [6.07, 6.45) is 5.49. The third-order valence-corrected chi connectivity index (χ3v) is 4.91. The molecule has 1 aromatic heterocycles. The van der Waals surface area contributed by atoms with Crippen LogP contribution in [0.25, 0.3) is 0 Å². The number of hydrogen-bond acceptors (Lipinski definition) is 4. The molecule has 1 aliphatic heterocycles. The summed E-state index contributed by atoms with van der Waals surface area (Å²) in [6.45, 7) is 8.55. The quantitative estimate of drug-likeness (QED) is 0.407. The highest BCUT2D eigenvalue weighted by atomic mass is 127. The largest absolute Gasteiger partial charge is 0.356 e. The van der Waals surface area contributed by atoms with Crippen molar-refractivity contribution in [3.63, 3.8) is 0 Å². The number of aliphatic imine (C=N–C) groups is 1. The Morgan fingerprint density at radius 3 is 2.95 bits per heavy atom. The number of likely N-dealkylation sites (N-methyl/N-ethyl adjacent to an activating group) is 1. The minimum absolute atomic E-state index is 0. The van der Waals surface area contributed by atoms with Gasteiger partial charge in [0.1, 0.15) is 0 Å². The average Bonchev–Trinajstić information content (AvgIpc) is 3.11. The van der Waals surface area contributed by atoms with Crippen molar-refractivity contribution in [1.29, 1.82) is 0 Å². The Labute approximate surface area is 155 Å². The Hall–Kier alpha value is -0.410. The zero-order valence-corrected chi connectivity index (χ0v) is 16.9. The van der Waals surface area contributed by atoms with Crippen LogP contribution in [0.2, 0.25) is 0 Å². The number of likely N-dealkylation sites (tertiary alicyclic amines) is 1. The minimum Gasteiger partial charge on any atom is -0.356 e. The monoisotopic (exact) mass is 437 g/mol. The predicted octanol–water partition coefficient (Wildman–Crippen LogP) is 2.26. The smallest absolute Gasteiger partial charge is 0.191 e.